The maximum Gasteiger partial charge on any atom is 0.108 e. The molecular weight excluding hydrogens is 102 g/mol. The van der Waals surface area contributed by atoms with Crippen LogP contribution < -0.4 is 4.90 Å². The van der Waals surface area contributed by atoms with Crippen molar-refractivity contribution in [3.05, 3.63) is 7.05 Å². The first-order valence-electron chi connectivity index (χ1n) is 3.07. The van der Waals surface area contributed by atoms with Crippen LogP contribution in [0.5, 0.6) is 0 Å². The van der Waals surface area contributed by atoms with Crippen molar-refractivity contribution < 1.29 is 10.0 Å². The van der Waals surface area contributed by atoms with Crippen molar-refractivity contribution in [2.45, 2.75) is 25.5 Å². The van der Waals surface area contributed by atoms with E-state index in [1.54, 1.807) is 0 Å². The Morgan fingerprint density at radius 1 is 1.75 bits per heavy atom. The van der Waals surface area contributed by atoms with Gasteiger partial charge in [0.05, 0.1) is 12.6 Å². The molecule has 0 radical (unpaired) electrons. The Bertz CT molecular complexity index is 74.6. The number of aliphatic hydroxyl groups is 1. The molecule has 0 aliphatic carbocycles. The fraction of sp³-hybridized carbons (Fsp3) is 0.833. The van der Waals surface area contributed by atoms with Crippen LogP contribution in [0.25, 0.3) is 0 Å². The van der Waals surface area contributed by atoms with E-state index in [2.05, 4.69) is 7.05 Å². The fourth-order valence-electron chi connectivity index (χ4n) is 1.08. The minimum atomic E-state index is -0.109. The first-order valence-corrected chi connectivity index (χ1v) is 3.07. The van der Waals surface area contributed by atoms with Crippen LogP contribution in [0, 0.1) is 7.05 Å². The summed E-state index contributed by atoms with van der Waals surface area (Å²) in [5, 5.41) is 9.11. The van der Waals surface area contributed by atoms with Gasteiger partial charge in [-0.2, -0.15) is 7.05 Å². The van der Waals surface area contributed by atoms with Gasteiger partial charge in [-0.1, -0.05) is 0 Å². The van der Waals surface area contributed by atoms with Crippen LogP contribution >= 0.6 is 0 Å². The summed E-state index contributed by atoms with van der Waals surface area (Å²) in [5.41, 5.74) is 0. The summed E-state index contributed by atoms with van der Waals surface area (Å²) in [6.45, 7) is 3.04. The quantitative estimate of drug-likeness (QED) is 0.381. The minimum Gasteiger partial charge on any atom is -0.463 e. The maximum atomic E-state index is 9.11. The third kappa shape index (κ3) is 0.858. The van der Waals surface area contributed by atoms with E-state index in [1.807, 2.05) is 6.92 Å². The average molecular weight is 115 g/mol. The zero-order chi connectivity index (χ0) is 6.15. The molecule has 8 heavy (non-hydrogen) atoms. The van der Waals surface area contributed by atoms with Gasteiger partial charge in [-0.3, -0.25) is 0 Å². The van der Waals surface area contributed by atoms with Gasteiger partial charge >= 0.3 is 0 Å². The van der Waals surface area contributed by atoms with Crippen LogP contribution in [0.1, 0.15) is 13.3 Å². The van der Waals surface area contributed by atoms with Crippen LogP contribution in [-0.2, 0) is 0 Å². The molecule has 0 aromatic carbocycles. The van der Waals surface area contributed by atoms with E-state index in [9.17, 15) is 0 Å². The molecule has 48 valence electrons. The van der Waals surface area contributed by atoms with E-state index in [0.717, 1.165) is 13.0 Å². The molecular formula is C6H13NO. The molecule has 0 amide bonds. The molecule has 1 rings (SSSR count). The topological polar surface area (TPSA) is 24.7 Å². The number of aliphatic hydroxyl groups excluding tert-OH is 1. The standard InChI is InChI=1S/C6H13NO/c1-5-6(8)3-4-7(5)2/h5-8H,2-4H2,1H3/t5-,6+/m0/s1. The number of hydrogen-bond donors (Lipinski definition) is 2. The minimum absolute atomic E-state index is 0.109. The van der Waals surface area contributed by atoms with Gasteiger partial charge in [0.15, 0.2) is 0 Å². The van der Waals surface area contributed by atoms with Gasteiger partial charge in [0, 0.05) is 6.42 Å². The van der Waals surface area contributed by atoms with E-state index >= 15 is 0 Å². The van der Waals surface area contributed by atoms with E-state index in [1.165, 1.54) is 4.90 Å². The lowest BCUT2D eigenvalue weighted by Crippen LogP contribution is -3.08. The predicted octanol–water partition coefficient (Wildman–Crippen LogP) is -1.18. The molecule has 0 spiro atoms. The lowest BCUT2D eigenvalue weighted by molar-refractivity contribution is -0.866. The van der Waals surface area contributed by atoms with Crippen LogP contribution in [0.15, 0.2) is 0 Å². The van der Waals surface area contributed by atoms with Crippen LogP contribution in [0.3, 0.4) is 0 Å². The highest BCUT2D eigenvalue weighted by atomic mass is 16.3. The van der Waals surface area contributed by atoms with Gasteiger partial charge in [-0.05, 0) is 6.92 Å². The van der Waals surface area contributed by atoms with E-state index in [4.69, 9.17) is 5.11 Å². The van der Waals surface area contributed by atoms with Gasteiger partial charge < -0.3 is 10.0 Å². The van der Waals surface area contributed by atoms with Gasteiger partial charge in [0.2, 0.25) is 0 Å². The summed E-state index contributed by atoms with van der Waals surface area (Å²) < 4.78 is 0. The van der Waals surface area contributed by atoms with Crippen molar-refractivity contribution in [1.82, 2.24) is 0 Å². The molecule has 0 saturated carbocycles. The van der Waals surface area contributed by atoms with Gasteiger partial charge in [0.25, 0.3) is 0 Å². The summed E-state index contributed by atoms with van der Waals surface area (Å²) in [5.74, 6) is 0. The molecule has 1 aliphatic rings. The summed E-state index contributed by atoms with van der Waals surface area (Å²) in [6, 6.07) is 0.343. The SMILES string of the molecule is [CH2-][NH+]1CC[C@@H](O)[C@@H]1C. The number of rotatable bonds is 0. The van der Waals surface area contributed by atoms with Crippen LogP contribution in [0.2, 0.25) is 0 Å². The number of hydrogen-bond acceptors (Lipinski definition) is 1. The smallest absolute Gasteiger partial charge is 0.108 e. The molecule has 3 atom stereocenters. The Morgan fingerprint density at radius 3 is 2.50 bits per heavy atom. The third-order valence-corrected chi connectivity index (χ3v) is 1.98. The predicted molar refractivity (Wildman–Crippen MR) is 31.3 cm³/mol. The van der Waals surface area contributed by atoms with E-state index in [0.29, 0.717) is 6.04 Å². The number of nitrogens with one attached hydrogen (secondary N) is 1. The van der Waals surface area contributed by atoms with Gasteiger partial charge in [0.1, 0.15) is 6.10 Å². The van der Waals surface area contributed by atoms with E-state index in [-0.39, 0.29) is 6.10 Å². The highest BCUT2D eigenvalue weighted by Crippen LogP contribution is 1.98. The lowest BCUT2D eigenvalue weighted by atomic mass is 10.2. The maximum absolute atomic E-state index is 9.11. The first-order chi connectivity index (χ1) is 3.72. The molecule has 1 aliphatic heterocycles. The molecule has 2 N–H and O–H groups in total. The van der Waals surface area contributed by atoms with E-state index < -0.39 is 0 Å². The Morgan fingerprint density at radius 2 is 2.38 bits per heavy atom. The monoisotopic (exact) mass is 115 g/mol. The summed E-state index contributed by atoms with van der Waals surface area (Å²) >= 11 is 0. The number of likely N-dealkylation sites (tertiary alicyclic amines) is 1. The van der Waals surface area contributed by atoms with Crippen molar-refractivity contribution in [3.63, 3.8) is 0 Å². The molecule has 0 aromatic rings. The molecule has 0 aromatic heterocycles. The van der Waals surface area contributed by atoms with Crippen LogP contribution in [-0.4, -0.2) is 23.8 Å². The Kier molecular flexibility index (Phi) is 1.54. The summed E-state index contributed by atoms with van der Waals surface area (Å²) in [7, 11) is 3.83. The molecule has 1 heterocycles. The lowest BCUT2D eigenvalue weighted by Gasteiger charge is -2.19. The molecule has 1 unspecified atom stereocenters. The number of quaternary nitrogens is 1. The van der Waals surface area contributed by atoms with Gasteiger partial charge in [-0.25, -0.2) is 0 Å². The van der Waals surface area contributed by atoms with Crippen LogP contribution in [0.4, 0.5) is 0 Å². The molecule has 2 nitrogen and oxygen atoms in total. The fourth-order valence-corrected chi connectivity index (χ4v) is 1.08. The Labute approximate surface area is 50.1 Å². The highest BCUT2D eigenvalue weighted by Gasteiger charge is 2.25. The van der Waals surface area contributed by atoms with Gasteiger partial charge in [-0.15, -0.1) is 0 Å². The largest absolute Gasteiger partial charge is 0.463 e. The molecule has 1 saturated heterocycles. The van der Waals surface area contributed by atoms with Crippen molar-refractivity contribution >= 4 is 0 Å². The average Bonchev–Trinajstić information content (AvgIpc) is 1.98. The summed E-state index contributed by atoms with van der Waals surface area (Å²) in [4.78, 5) is 1.21. The van der Waals surface area contributed by atoms with Crippen molar-refractivity contribution in [3.8, 4) is 0 Å². The second-order valence-electron chi connectivity index (χ2n) is 2.55. The zero-order valence-corrected chi connectivity index (χ0v) is 5.22. The zero-order valence-electron chi connectivity index (χ0n) is 5.22. The first kappa shape index (κ1) is 6.05. The van der Waals surface area contributed by atoms with Crippen molar-refractivity contribution in [2.24, 2.45) is 0 Å². The molecule has 1 fully saturated rings. The molecule has 0 bridgehead atoms. The highest BCUT2D eigenvalue weighted by molar-refractivity contribution is 4.67. The van der Waals surface area contributed by atoms with Crippen molar-refractivity contribution in [2.75, 3.05) is 6.54 Å². The normalized spacial score (nSPS) is 47.6. The Hall–Kier alpha value is -0.0800. The summed E-state index contributed by atoms with van der Waals surface area (Å²) in [6.07, 6.45) is 0.808. The third-order valence-electron chi connectivity index (χ3n) is 1.98. The molecule has 2 heteroatoms. The van der Waals surface area contributed by atoms with Crippen molar-refractivity contribution in [1.29, 1.82) is 0 Å². The Balaban J connectivity index is 2.44. The second-order valence-corrected chi connectivity index (χ2v) is 2.55. The second kappa shape index (κ2) is 2.03.